The Balaban J connectivity index is 0.000001000. The molecule has 0 fully saturated rings. The van der Waals surface area contributed by atoms with E-state index in [0.29, 0.717) is 5.92 Å². The van der Waals surface area contributed by atoms with Gasteiger partial charge >= 0.3 is 21.1 Å². The third kappa shape index (κ3) is 4.13. The van der Waals surface area contributed by atoms with E-state index in [1.807, 2.05) is 24.5 Å². The first-order valence-corrected chi connectivity index (χ1v) is 9.02. The van der Waals surface area contributed by atoms with Gasteiger partial charge in [-0.3, -0.25) is 4.98 Å². The van der Waals surface area contributed by atoms with E-state index in [2.05, 4.69) is 77.8 Å². The Hall–Kier alpha value is -1.34. The number of nitrogens with zero attached hydrogens (tertiary/aromatic N) is 2. The van der Waals surface area contributed by atoms with Gasteiger partial charge in [0, 0.05) is 50.6 Å². The van der Waals surface area contributed by atoms with E-state index < -0.39 is 0 Å². The molecule has 0 atom stereocenters. The monoisotopic (exact) mass is 634 g/mol. The van der Waals surface area contributed by atoms with Crippen LogP contribution in [0.4, 0.5) is 0 Å². The molecule has 0 N–H and O–H groups in total. The van der Waals surface area contributed by atoms with E-state index in [1.54, 1.807) is 0 Å². The number of imidazole rings is 1. The standard InChI is InChI=1S/C24H19N2.CH3.Pt.Y/c1-16(2)17-7-9-18(10-8-17)19-11-12-23-22(15-19)20-5-3-4-6-21(20)24-25-13-14-26(23)24;;;/h3-5,7-16H,1-2H3;1H3;;/q2*-1;+2;. The molecule has 2 heterocycles. The SMILES string of the molecule is CC(C)c1ccc(-c2ccc3c(c2)c2ccc[c-]c2c2nccn32)cc1.[CH3-].[Pt+2].[Y]. The minimum absolute atomic E-state index is 0. The van der Waals surface area contributed by atoms with E-state index in [-0.39, 0.29) is 61.2 Å². The van der Waals surface area contributed by atoms with Gasteiger partial charge in [0.25, 0.3) is 0 Å². The van der Waals surface area contributed by atoms with Crippen LogP contribution in [0.1, 0.15) is 25.3 Å². The fraction of sp³-hybridized carbons (Fsp3) is 0.120. The van der Waals surface area contributed by atoms with Crippen LogP contribution in [-0.2, 0) is 53.8 Å². The van der Waals surface area contributed by atoms with Crippen LogP contribution in [0.3, 0.4) is 0 Å². The van der Waals surface area contributed by atoms with E-state index in [0.717, 1.165) is 11.0 Å². The van der Waals surface area contributed by atoms with Crippen LogP contribution in [0, 0.1) is 13.5 Å². The van der Waals surface area contributed by atoms with Crippen molar-refractivity contribution in [3.63, 3.8) is 0 Å². The van der Waals surface area contributed by atoms with Gasteiger partial charge in [-0.2, -0.15) is 0 Å². The molecule has 5 aromatic rings. The Morgan fingerprint density at radius 1 is 0.931 bits per heavy atom. The molecule has 3 aromatic carbocycles. The summed E-state index contributed by atoms with van der Waals surface area (Å²) in [7, 11) is 0. The van der Waals surface area contributed by atoms with Crippen LogP contribution in [-0.4, -0.2) is 9.38 Å². The molecule has 4 heteroatoms. The van der Waals surface area contributed by atoms with Crippen molar-refractivity contribution in [2.75, 3.05) is 0 Å². The predicted molar refractivity (Wildman–Crippen MR) is 115 cm³/mol. The fourth-order valence-corrected chi connectivity index (χ4v) is 3.73. The van der Waals surface area contributed by atoms with E-state index in [1.165, 1.54) is 33.0 Å². The zero-order valence-corrected chi connectivity index (χ0v) is 21.9. The van der Waals surface area contributed by atoms with E-state index in [9.17, 15) is 0 Å². The Kier molecular flexibility index (Phi) is 7.96. The summed E-state index contributed by atoms with van der Waals surface area (Å²) in [5, 5.41) is 3.49. The van der Waals surface area contributed by atoms with Crippen LogP contribution < -0.4 is 0 Å². The molecule has 5 rings (SSSR count). The second-order valence-corrected chi connectivity index (χ2v) is 7.09. The van der Waals surface area contributed by atoms with Crippen LogP contribution in [0.15, 0.2) is 73.1 Å². The fourth-order valence-electron chi connectivity index (χ4n) is 3.73. The number of hydrogen-bond acceptors (Lipinski definition) is 1. The van der Waals surface area contributed by atoms with Gasteiger partial charge in [0.15, 0.2) is 0 Å². The van der Waals surface area contributed by atoms with Gasteiger partial charge in [-0.05, 0) is 34.1 Å². The average Bonchev–Trinajstić information content (AvgIpc) is 3.18. The summed E-state index contributed by atoms with van der Waals surface area (Å²) >= 11 is 0. The summed E-state index contributed by atoms with van der Waals surface area (Å²) < 4.78 is 2.15. The Labute approximate surface area is 211 Å². The quantitative estimate of drug-likeness (QED) is 0.157. The van der Waals surface area contributed by atoms with Gasteiger partial charge in [-0.1, -0.05) is 55.6 Å². The molecule has 0 aliphatic carbocycles. The van der Waals surface area contributed by atoms with Crippen molar-refractivity contribution in [2.24, 2.45) is 0 Å². The zero-order chi connectivity index (χ0) is 17.7. The van der Waals surface area contributed by atoms with Gasteiger partial charge in [0.1, 0.15) is 0 Å². The van der Waals surface area contributed by atoms with Crippen molar-refractivity contribution in [2.45, 2.75) is 19.8 Å². The van der Waals surface area contributed by atoms with Crippen molar-refractivity contribution < 1.29 is 53.8 Å². The summed E-state index contributed by atoms with van der Waals surface area (Å²) in [4.78, 5) is 4.54. The van der Waals surface area contributed by atoms with Crippen LogP contribution >= 0.6 is 0 Å². The summed E-state index contributed by atoms with van der Waals surface area (Å²) in [6, 6.07) is 25.1. The van der Waals surface area contributed by atoms with Crippen molar-refractivity contribution in [3.05, 3.63) is 92.1 Å². The van der Waals surface area contributed by atoms with Gasteiger partial charge in [0.2, 0.25) is 0 Å². The summed E-state index contributed by atoms with van der Waals surface area (Å²) in [5.41, 5.74) is 5.98. The Bertz CT molecular complexity index is 1260. The first kappa shape index (κ1) is 23.9. The van der Waals surface area contributed by atoms with E-state index >= 15 is 0 Å². The normalized spacial score (nSPS) is 10.6. The summed E-state index contributed by atoms with van der Waals surface area (Å²) in [5.74, 6) is 0.551. The van der Waals surface area contributed by atoms with Gasteiger partial charge in [0.05, 0.1) is 5.65 Å². The van der Waals surface area contributed by atoms with Gasteiger partial charge < -0.3 is 11.8 Å². The van der Waals surface area contributed by atoms with Gasteiger partial charge in [-0.15, -0.1) is 29.7 Å². The number of fused-ring (bicyclic) bond motifs is 6. The molecular formula is C25H22N2PtY. The predicted octanol–water partition coefficient (Wildman–Crippen LogP) is 6.68. The summed E-state index contributed by atoms with van der Waals surface area (Å²) in [6.07, 6.45) is 3.88. The molecule has 1 radical (unpaired) electrons. The second kappa shape index (κ2) is 9.65. The van der Waals surface area contributed by atoms with Gasteiger partial charge in [-0.25, -0.2) is 0 Å². The third-order valence-electron chi connectivity index (χ3n) is 5.18. The zero-order valence-electron chi connectivity index (χ0n) is 16.8. The molecule has 0 aliphatic heterocycles. The maximum absolute atomic E-state index is 4.54. The molecule has 2 aromatic heterocycles. The van der Waals surface area contributed by atoms with Crippen molar-refractivity contribution in [1.82, 2.24) is 9.38 Å². The molecule has 0 amide bonds. The maximum Gasteiger partial charge on any atom is 2.00 e. The number of hydrogen-bond donors (Lipinski definition) is 0. The number of pyridine rings is 1. The minimum atomic E-state index is 0. The second-order valence-electron chi connectivity index (χ2n) is 7.09. The number of benzene rings is 3. The number of rotatable bonds is 2. The molecule has 29 heavy (non-hydrogen) atoms. The first-order chi connectivity index (χ1) is 12.7. The van der Waals surface area contributed by atoms with Crippen molar-refractivity contribution in [1.29, 1.82) is 0 Å². The van der Waals surface area contributed by atoms with Crippen molar-refractivity contribution >= 4 is 27.3 Å². The summed E-state index contributed by atoms with van der Waals surface area (Å²) in [6.45, 7) is 4.45. The molecule has 0 saturated carbocycles. The van der Waals surface area contributed by atoms with Crippen LogP contribution in [0.25, 0.3) is 38.4 Å². The van der Waals surface area contributed by atoms with Crippen molar-refractivity contribution in [3.8, 4) is 11.1 Å². The molecule has 0 saturated heterocycles. The Morgan fingerprint density at radius 2 is 1.66 bits per heavy atom. The molecule has 2 nitrogen and oxygen atoms in total. The maximum atomic E-state index is 4.54. The molecular weight excluding hydrogens is 612 g/mol. The molecule has 0 aliphatic rings. The Morgan fingerprint density at radius 3 is 2.38 bits per heavy atom. The number of aromatic nitrogens is 2. The third-order valence-corrected chi connectivity index (χ3v) is 5.18. The van der Waals surface area contributed by atoms with E-state index in [4.69, 9.17) is 0 Å². The van der Waals surface area contributed by atoms with Crippen LogP contribution in [0.2, 0.25) is 0 Å². The van der Waals surface area contributed by atoms with Crippen LogP contribution in [0.5, 0.6) is 0 Å². The molecule has 0 unspecified atom stereocenters. The minimum Gasteiger partial charge on any atom is -0.358 e. The average molecular weight is 634 g/mol. The molecule has 145 valence electrons. The first-order valence-electron chi connectivity index (χ1n) is 9.02. The smallest absolute Gasteiger partial charge is 0.358 e. The topological polar surface area (TPSA) is 17.3 Å². The molecule has 0 spiro atoms. The molecule has 0 bridgehead atoms. The largest absolute Gasteiger partial charge is 2.00 e.